The number of rotatable bonds is 24. The number of aromatic nitrogens is 6. The first-order chi connectivity index (χ1) is 42.9. The lowest BCUT2D eigenvalue weighted by Gasteiger charge is -2.30. The summed E-state index contributed by atoms with van der Waals surface area (Å²) >= 11 is 0. The first-order valence-electron chi connectivity index (χ1n) is 29.1. The molecule has 0 aliphatic rings. The maximum atomic E-state index is 14.1. The zero-order chi connectivity index (χ0) is 65.5. The van der Waals surface area contributed by atoms with Crippen molar-refractivity contribution in [2.45, 2.75) is 65.8 Å². The molecule has 0 saturated heterocycles. The van der Waals surface area contributed by atoms with Gasteiger partial charge in [0.15, 0.2) is 0 Å². The highest BCUT2D eigenvalue weighted by Gasteiger charge is 2.32. The maximum absolute atomic E-state index is 14.1. The number of nitrogens with one attached hydrogen (secondary N) is 4. The van der Waals surface area contributed by atoms with E-state index in [1.54, 1.807) is 86.3 Å². The van der Waals surface area contributed by atoms with Crippen LogP contribution in [0.5, 0.6) is 11.5 Å². The molecule has 0 aliphatic carbocycles. The first-order valence-corrected chi connectivity index (χ1v) is 29.1. The summed E-state index contributed by atoms with van der Waals surface area (Å²) in [5, 5.41) is 14.2. The summed E-state index contributed by atoms with van der Waals surface area (Å²) in [5.74, 6) is 0.490. The van der Waals surface area contributed by atoms with E-state index in [1.165, 1.54) is 23.0 Å². The summed E-state index contributed by atoms with van der Waals surface area (Å²) < 4.78 is 27.1. The SMILES string of the molecule is C=CCn1cc(-c2ccnc(N(C(=O)OC(C)(C)C)c3cc(NC(=O)C=C)c(N(C)CCN(C)C(=O)OC(C)(C)C)cc3OC)n2)c2ccccc21.C=CCn1cc(-c2ccnc(Nc3cc(NC(=O)C=C)c(N(C)CCNC)cc3OC)n2)c2ccccc21. The van der Waals surface area contributed by atoms with Crippen molar-refractivity contribution < 1.29 is 38.1 Å². The Kier molecular flexibility index (Phi) is 22.3. The van der Waals surface area contributed by atoms with E-state index in [9.17, 15) is 19.2 Å². The standard InChI is InChI=1S/C39H49N7O6.C29H33N7O2/c1-12-20-45-25-27(26-16-14-15-17-30(26)45)28-18-19-40-35(42-28)46(37(49)52-39(6,7)8)32-23-29(41-34(47)13-2)31(24-33(32)50-11)43(9)21-22-44(10)36(48)51-38(3,4)5;1-6-15-36-19-21(20-10-8-9-11-25(20)36)22-12-13-31-29(33-22)34-24-17-23(32-28(37)7-2)26(18-27(24)38-5)35(4)16-14-30-3/h12-19,23-25H,1-2,20-22H2,3-11H3,(H,41,47);6-13,17-19,30H,1-2,14-16H2,3-5H3,(H,32,37)(H,31,33,34). The van der Waals surface area contributed by atoms with Crippen molar-refractivity contribution in [2.75, 3.05) is 99.2 Å². The van der Waals surface area contributed by atoms with E-state index >= 15 is 0 Å². The van der Waals surface area contributed by atoms with E-state index in [-0.39, 0.29) is 23.3 Å². The van der Waals surface area contributed by atoms with E-state index in [1.807, 2.05) is 104 Å². The highest BCUT2D eigenvalue weighted by molar-refractivity contribution is 6.05. The number of amides is 4. The molecule has 0 aliphatic heterocycles. The van der Waals surface area contributed by atoms with Crippen LogP contribution in [0.2, 0.25) is 0 Å². The number of ether oxygens (including phenoxy) is 4. The van der Waals surface area contributed by atoms with E-state index in [0.717, 1.165) is 63.5 Å². The molecular formula is C68H82N14O8. The van der Waals surface area contributed by atoms with Crippen LogP contribution in [0.15, 0.2) is 160 Å². The Morgan fingerprint density at radius 3 is 1.61 bits per heavy atom. The van der Waals surface area contributed by atoms with Crippen LogP contribution in [0.25, 0.3) is 44.3 Å². The van der Waals surface area contributed by atoms with Crippen molar-refractivity contribution in [3.05, 3.63) is 160 Å². The second kappa shape index (κ2) is 29.9. The zero-order valence-corrected chi connectivity index (χ0v) is 53.5. The van der Waals surface area contributed by atoms with E-state index in [0.29, 0.717) is 66.3 Å². The summed E-state index contributed by atoms with van der Waals surface area (Å²) in [5.41, 5.74) is 6.91. The van der Waals surface area contributed by atoms with Crippen LogP contribution in [0.3, 0.4) is 0 Å². The van der Waals surface area contributed by atoms with Gasteiger partial charge in [-0.05, 0) is 97.1 Å². The number of hydrogen-bond donors (Lipinski definition) is 4. The summed E-state index contributed by atoms with van der Waals surface area (Å²) in [6, 6.07) is 26.8. The molecule has 0 radical (unpaired) electrons. The molecule has 0 spiro atoms. The van der Waals surface area contributed by atoms with E-state index in [2.05, 4.69) is 85.0 Å². The average Bonchev–Trinajstić information content (AvgIpc) is 1.23. The van der Waals surface area contributed by atoms with Crippen LogP contribution in [0, 0.1) is 0 Å². The third-order valence-electron chi connectivity index (χ3n) is 13.8. The van der Waals surface area contributed by atoms with E-state index < -0.39 is 29.3 Å². The zero-order valence-electron chi connectivity index (χ0n) is 53.5. The molecule has 22 nitrogen and oxygen atoms in total. The molecule has 0 saturated carbocycles. The number of methoxy groups -OCH3 is 2. The Morgan fingerprint density at radius 2 is 1.09 bits per heavy atom. The molecule has 8 rings (SSSR count). The number of fused-ring (bicyclic) bond motifs is 2. The molecule has 4 amide bonds. The van der Waals surface area contributed by atoms with Gasteiger partial charge in [-0.1, -0.05) is 61.7 Å². The lowest BCUT2D eigenvalue weighted by molar-refractivity contribution is -0.112. The van der Waals surface area contributed by atoms with Crippen molar-refractivity contribution >= 4 is 91.8 Å². The lowest BCUT2D eigenvalue weighted by Crippen LogP contribution is -2.38. The normalized spacial score (nSPS) is 11.1. The van der Waals surface area contributed by atoms with Gasteiger partial charge in [0, 0.05) is 130 Å². The van der Waals surface area contributed by atoms with Gasteiger partial charge < -0.3 is 64.0 Å². The second-order valence-electron chi connectivity index (χ2n) is 22.8. The van der Waals surface area contributed by atoms with Gasteiger partial charge in [-0.25, -0.2) is 34.4 Å². The van der Waals surface area contributed by atoms with Gasteiger partial charge in [-0.2, -0.15) is 0 Å². The fourth-order valence-corrected chi connectivity index (χ4v) is 9.56. The molecule has 4 aromatic heterocycles. The van der Waals surface area contributed by atoms with Gasteiger partial charge in [0.2, 0.25) is 23.7 Å². The molecule has 4 heterocycles. The molecule has 8 aromatic rings. The predicted octanol–water partition coefficient (Wildman–Crippen LogP) is 12.6. The Balaban J connectivity index is 0.000000268. The van der Waals surface area contributed by atoms with Crippen LogP contribution in [0.1, 0.15) is 41.5 Å². The monoisotopic (exact) mass is 1220 g/mol. The minimum atomic E-state index is -0.876. The minimum absolute atomic E-state index is 0.0201. The quantitative estimate of drug-likeness (QED) is 0.0326. The van der Waals surface area contributed by atoms with Gasteiger partial charge in [0.1, 0.15) is 22.7 Å². The van der Waals surface area contributed by atoms with Crippen LogP contribution in [-0.4, -0.2) is 138 Å². The summed E-state index contributed by atoms with van der Waals surface area (Å²) in [4.78, 5) is 76.9. The van der Waals surface area contributed by atoms with Crippen LogP contribution < -0.4 is 45.4 Å². The Morgan fingerprint density at radius 1 is 0.589 bits per heavy atom. The number of hydrogen-bond acceptors (Lipinski definition) is 16. The molecule has 0 atom stereocenters. The number of carbonyl (C=O) groups excluding carboxylic acids is 4. The number of allylic oxidation sites excluding steroid dienone is 2. The average molecular weight is 1220 g/mol. The number of carbonyl (C=O) groups is 4. The Hall–Kier alpha value is -10.5. The fourth-order valence-electron chi connectivity index (χ4n) is 9.56. The number of likely N-dealkylation sites (N-methyl/N-ethyl adjacent to an activating group) is 4. The predicted molar refractivity (Wildman–Crippen MR) is 361 cm³/mol. The van der Waals surface area contributed by atoms with Crippen LogP contribution in [-0.2, 0) is 32.2 Å². The molecule has 90 heavy (non-hydrogen) atoms. The lowest BCUT2D eigenvalue weighted by atomic mass is 10.1. The fraction of sp³-hybridized carbons (Fsp3) is 0.294. The van der Waals surface area contributed by atoms with Crippen LogP contribution in [0.4, 0.5) is 55.6 Å². The van der Waals surface area contributed by atoms with Crippen molar-refractivity contribution in [1.29, 1.82) is 0 Å². The van der Waals surface area contributed by atoms with E-state index in [4.69, 9.17) is 28.9 Å². The van der Waals surface area contributed by atoms with Crippen LogP contribution >= 0.6 is 0 Å². The summed E-state index contributed by atoms with van der Waals surface area (Å²) in [7, 11) is 10.4. The highest BCUT2D eigenvalue weighted by Crippen LogP contribution is 2.43. The molecule has 0 bridgehead atoms. The van der Waals surface area contributed by atoms with Crippen molar-refractivity contribution in [1.82, 2.24) is 39.3 Å². The second-order valence-corrected chi connectivity index (χ2v) is 22.8. The topological polar surface area (TPSA) is 228 Å². The molecule has 0 fully saturated rings. The molecule has 22 heteroatoms. The minimum Gasteiger partial charge on any atom is -0.494 e. The Bertz CT molecular complexity index is 3920. The van der Waals surface area contributed by atoms with Crippen molar-refractivity contribution in [3.63, 3.8) is 0 Å². The van der Waals surface area contributed by atoms with Gasteiger partial charge in [-0.3, -0.25) is 9.59 Å². The van der Waals surface area contributed by atoms with Gasteiger partial charge in [0.05, 0.1) is 59.7 Å². The van der Waals surface area contributed by atoms with Crippen molar-refractivity contribution in [3.8, 4) is 34.0 Å². The van der Waals surface area contributed by atoms with Gasteiger partial charge in [0.25, 0.3) is 0 Å². The number of para-hydroxylation sites is 2. The summed E-state index contributed by atoms with van der Waals surface area (Å²) in [6.45, 7) is 29.1. The number of benzene rings is 4. The first kappa shape index (κ1) is 67.0. The molecule has 4 aromatic carbocycles. The third-order valence-corrected chi connectivity index (χ3v) is 13.8. The highest BCUT2D eigenvalue weighted by atomic mass is 16.6. The molecular weight excluding hydrogens is 1140 g/mol. The summed E-state index contributed by atoms with van der Waals surface area (Å²) in [6.07, 6.45) is 12.2. The molecule has 4 N–H and O–H groups in total. The number of anilines is 8. The Labute approximate surface area is 526 Å². The smallest absolute Gasteiger partial charge is 0.422 e. The molecule has 0 unspecified atom stereocenters. The third kappa shape index (κ3) is 16.8. The number of nitrogens with zero attached hydrogens (tertiary/aromatic N) is 10. The largest absolute Gasteiger partial charge is 0.494 e. The molecule has 472 valence electrons. The maximum Gasteiger partial charge on any atom is 0.422 e. The van der Waals surface area contributed by atoms with Gasteiger partial charge in [-0.15, -0.1) is 13.2 Å². The van der Waals surface area contributed by atoms with Crippen molar-refractivity contribution in [2.24, 2.45) is 0 Å². The van der Waals surface area contributed by atoms with Gasteiger partial charge >= 0.3 is 12.2 Å².